The number of nitrogens with one attached hydrogen (secondary N) is 1. The van der Waals surface area contributed by atoms with Gasteiger partial charge in [0, 0.05) is 17.5 Å². The summed E-state index contributed by atoms with van der Waals surface area (Å²) in [4.78, 5) is 16.9. The summed E-state index contributed by atoms with van der Waals surface area (Å²) in [6, 6.07) is 7.60. The fourth-order valence-corrected chi connectivity index (χ4v) is 4.22. The van der Waals surface area contributed by atoms with Crippen LogP contribution in [0.2, 0.25) is 5.02 Å². The number of hydrogen-bond acceptors (Lipinski definition) is 4. The van der Waals surface area contributed by atoms with Crippen LogP contribution in [0, 0.1) is 0 Å². The van der Waals surface area contributed by atoms with E-state index in [1.165, 1.54) is 11.3 Å². The van der Waals surface area contributed by atoms with E-state index in [1.807, 2.05) is 29.6 Å². The third-order valence-corrected chi connectivity index (χ3v) is 5.61. The Hall–Kier alpha value is -0.850. The van der Waals surface area contributed by atoms with Crippen LogP contribution in [0.15, 0.2) is 29.6 Å². The van der Waals surface area contributed by atoms with E-state index in [9.17, 15) is 4.79 Å². The molecule has 0 bridgehead atoms. The van der Waals surface area contributed by atoms with Gasteiger partial charge in [-0.25, -0.2) is 4.98 Å². The minimum atomic E-state index is -0.210. The van der Waals surface area contributed by atoms with Crippen molar-refractivity contribution in [2.75, 3.05) is 6.54 Å². The van der Waals surface area contributed by atoms with E-state index in [0.717, 1.165) is 41.9 Å². The van der Waals surface area contributed by atoms with Crippen molar-refractivity contribution in [3.05, 3.63) is 40.4 Å². The number of rotatable bonds is 5. The monoisotopic (exact) mass is 421 g/mol. The molecule has 1 aliphatic carbocycles. The zero-order valence-corrected chi connectivity index (χ0v) is 16.9. The molecule has 0 atom stereocenters. The molecule has 0 radical (unpaired) electrons. The Balaban J connectivity index is 0.00000156. The van der Waals surface area contributed by atoms with Crippen LogP contribution in [-0.2, 0) is 11.2 Å². The smallest absolute Gasteiger partial charge is 0.226 e. The van der Waals surface area contributed by atoms with Gasteiger partial charge in [0.1, 0.15) is 5.01 Å². The summed E-state index contributed by atoms with van der Waals surface area (Å²) in [7, 11) is 0. The van der Waals surface area contributed by atoms with Crippen LogP contribution in [0.25, 0.3) is 10.6 Å². The van der Waals surface area contributed by atoms with Crippen molar-refractivity contribution in [1.29, 1.82) is 0 Å². The molecule has 8 heteroatoms. The molecule has 1 aliphatic rings. The number of carbonyl (C=O) groups excluding carboxylic acids is 1. The SMILES string of the molecule is Cl.Cl.NCC1(NC(=O)Cc2csc(-c3ccccc3Cl)n2)CCCC1. The Bertz CT molecular complexity index is 702. The molecule has 3 rings (SSSR count). The number of amides is 1. The molecule has 4 nitrogen and oxygen atoms in total. The van der Waals surface area contributed by atoms with Gasteiger partial charge in [0.25, 0.3) is 0 Å². The van der Waals surface area contributed by atoms with Crippen molar-refractivity contribution in [3.8, 4) is 10.6 Å². The minimum Gasteiger partial charge on any atom is -0.349 e. The summed E-state index contributed by atoms with van der Waals surface area (Å²) < 4.78 is 0. The molecule has 0 saturated heterocycles. The Labute approximate surface area is 169 Å². The molecule has 1 amide bonds. The quantitative estimate of drug-likeness (QED) is 0.757. The van der Waals surface area contributed by atoms with Gasteiger partial charge in [-0.1, -0.05) is 42.6 Å². The molecule has 3 N–H and O–H groups in total. The number of thiazole rings is 1. The predicted molar refractivity (Wildman–Crippen MR) is 109 cm³/mol. The van der Waals surface area contributed by atoms with E-state index in [0.29, 0.717) is 11.6 Å². The molecule has 0 spiro atoms. The number of carbonyl (C=O) groups is 1. The van der Waals surface area contributed by atoms with E-state index in [-0.39, 0.29) is 42.7 Å². The minimum absolute atomic E-state index is 0. The normalized spacial score (nSPS) is 15.1. The van der Waals surface area contributed by atoms with E-state index in [1.54, 1.807) is 0 Å². The first-order valence-corrected chi connectivity index (χ1v) is 9.08. The summed E-state index contributed by atoms with van der Waals surface area (Å²) in [5, 5.41) is 6.56. The fraction of sp³-hybridized carbons (Fsp3) is 0.412. The summed E-state index contributed by atoms with van der Waals surface area (Å²) in [6.45, 7) is 0.501. The zero-order valence-electron chi connectivity index (χ0n) is 13.7. The maximum absolute atomic E-state index is 12.3. The number of nitrogens with two attached hydrogens (primary N) is 1. The number of hydrogen-bond donors (Lipinski definition) is 2. The molecular weight excluding hydrogens is 401 g/mol. The number of benzene rings is 1. The first kappa shape index (κ1) is 22.2. The van der Waals surface area contributed by atoms with E-state index in [4.69, 9.17) is 17.3 Å². The van der Waals surface area contributed by atoms with Crippen LogP contribution in [0.4, 0.5) is 0 Å². The Kier molecular flexibility index (Phi) is 8.64. The maximum Gasteiger partial charge on any atom is 0.226 e. The lowest BCUT2D eigenvalue weighted by Crippen LogP contribution is -2.52. The standard InChI is InChI=1S/C17H20ClN3OS.2ClH/c18-14-6-2-1-5-13(14)16-20-12(10-23-16)9-15(22)21-17(11-19)7-3-4-8-17;;/h1-2,5-6,10H,3-4,7-9,11,19H2,(H,21,22);2*1H. The van der Waals surface area contributed by atoms with Gasteiger partial charge in [-0.2, -0.15) is 0 Å². The summed E-state index contributed by atoms with van der Waals surface area (Å²) in [6.07, 6.45) is 4.48. The second-order valence-corrected chi connectivity index (χ2v) is 7.31. The lowest BCUT2D eigenvalue weighted by atomic mass is 9.97. The summed E-state index contributed by atoms with van der Waals surface area (Å²) >= 11 is 7.70. The molecule has 1 saturated carbocycles. The van der Waals surface area contributed by atoms with Gasteiger partial charge in [0.15, 0.2) is 0 Å². The van der Waals surface area contributed by atoms with Crippen LogP contribution in [-0.4, -0.2) is 23.0 Å². The highest BCUT2D eigenvalue weighted by Crippen LogP contribution is 2.31. The Morgan fingerprint density at radius 2 is 1.96 bits per heavy atom. The van der Waals surface area contributed by atoms with Crippen LogP contribution >= 0.6 is 47.8 Å². The van der Waals surface area contributed by atoms with Gasteiger partial charge in [0.05, 0.1) is 22.7 Å². The molecule has 1 fully saturated rings. The van der Waals surface area contributed by atoms with Crippen molar-refractivity contribution in [1.82, 2.24) is 10.3 Å². The van der Waals surface area contributed by atoms with Crippen LogP contribution < -0.4 is 11.1 Å². The van der Waals surface area contributed by atoms with E-state index < -0.39 is 0 Å². The third kappa shape index (κ3) is 5.31. The fourth-order valence-electron chi connectivity index (χ4n) is 3.08. The number of nitrogens with zero attached hydrogens (tertiary/aromatic N) is 1. The first-order chi connectivity index (χ1) is 11.1. The average Bonchev–Trinajstić information content (AvgIpc) is 3.18. The average molecular weight is 423 g/mol. The van der Waals surface area contributed by atoms with Gasteiger partial charge in [0.2, 0.25) is 5.91 Å². The molecule has 0 aliphatic heterocycles. The highest BCUT2D eigenvalue weighted by atomic mass is 35.5. The molecule has 25 heavy (non-hydrogen) atoms. The highest BCUT2D eigenvalue weighted by molar-refractivity contribution is 7.13. The van der Waals surface area contributed by atoms with Crippen molar-refractivity contribution >= 4 is 53.7 Å². The second kappa shape index (κ2) is 9.74. The molecule has 0 unspecified atom stereocenters. The van der Waals surface area contributed by atoms with E-state index in [2.05, 4.69) is 10.3 Å². The molecule has 1 heterocycles. The number of aromatic nitrogens is 1. The molecule has 2 aromatic rings. The second-order valence-electron chi connectivity index (χ2n) is 6.04. The molecule has 1 aromatic carbocycles. The van der Waals surface area contributed by atoms with Crippen LogP contribution in [0.1, 0.15) is 31.4 Å². The van der Waals surface area contributed by atoms with Gasteiger partial charge in [-0.15, -0.1) is 36.2 Å². The van der Waals surface area contributed by atoms with Crippen LogP contribution in [0.3, 0.4) is 0 Å². The van der Waals surface area contributed by atoms with Crippen molar-refractivity contribution in [2.24, 2.45) is 5.73 Å². The maximum atomic E-state index is 12.3. The zero-order chi connectivity index (χ0) is 16.3. The summed E-state index contributed by atoms with van der Waals surface area (Å²) in [5.41, 5.74) is 7.33. The van der Waals surface area contributed by atoms with Crippen molar-refractivity contribution in [2.45, 2.75) is 37.6 Å². The highest BCUT2D eigenvalue weighted by Gasteiger charge is 2.33. The predicted octanol–water partition coefficient (Wildman–Crippen LogP) is 4.24. The summed E-state index contributed by atoms with van der Waals surface area (Å²) in [5.74, 6) is -0.00615. The van der Waals surface area contributed by atoms with E-state index >= 15 is 0 Å². The lowest BCUT2D eigenvalue weighted by Gasteiger charge is -2.28. The Morgan fingerprint density at radius 3 is 2.60 bits per heavy atom. The Morgan fingerprint density at radius 1 is 1.28 bits per heavy atom. The number of halogens is 3. The van der Waals surface area contributed by atoms with Gasteiger partial charge < -0.3 is 11.1 Å². The van der Waals surface area contributed by atoms with Crippen molar-refractivity contribution < 1.29 is 4.79 Å². The van der Waals surface area contributed by atoms with Gasteiger partial charge in [-0.3, -0.25) is 4.79 Å². The molecule has 1 aromatic heterocycles. The molecular formula is C17H22Cl3N3OS. The van der Waals surface area contributed by atoms with Crippen LogP contribution in [0.5, 0.6) is 0 Å². The largest absolute Gasteiger partial charge is 0.349 e. The first-order valence-electron chi connectivity index (χ1n) is 7.82. The van der Waals surface area contributed by atoms with Gasteiger partial charge >= 0.3 is 0 Å². The molecule has 138 valence electrons. The van der Waals surface area contributed by atoms with Crippen molar-refractivity contribution in [3.63, 3.8) is 0 Å². The third-order valence-electron chi connectivity index (χ3n) is 4.35. The topological polar surface area (TPSA) is 68.0 Å². The van der Waals surface area contributed by atoms with Gasteiger partial charge in [-0.05, 0) is 18.9 Å². The lowest BCUT2D eigenvalue weighted by molar-refractivity contribution is -0.122.